The first-order chi connectivity index (χ1) is 10.4. The lowest BCUT2D eigenvalue weighted by atomic mass is 9.94. The Bertz CT molecular complexity index is 434. The van der Waals surface area contributed by atoms with Gasteiger partial charge in [0.1, 0.15) is 0 Å². The molecule has 0 fully saturated rings. The molecule has 3 heteroatoms. The molecule has 1 rings (SSSR count). The second-order valence-corrected chi connectivity index (χ2v) is 6.98. The van der Waals surface area contributed by atoms with Gasteiger partial charge in [-0.2, -0.15) is 0 Å². The molecule has 0 heterocycles. The topological polar surface area (TPSA) is 46.3 Å². The third-order valence-corrected chi connectivity index (χ3v) is 3.90. The fourth-order valence-electron chi connectivity index (χ4n) is 2.56. The number of benzene rings is 1. The smallest absolute Gasteiger partial charge is 0.178 e. The lowest BCUT2D eigenvalue weighted by molar-refractivity contribution is -0.471. The second-order valence-electron chi connectivity index (χ2n) is 6.98. The minimum Gasteiger partial charge on any atom is -0.624 e. The van der Waals surface area contributed by atoms with Gasteiger partial charge in [0.25, 0.3) is 0 Å². The summed E-state index contributed by atoms with van der Waals surface area (Å²) in [5.74, 6) is 0.657. The normalized spacial score (nSPS) is 14.1. The van der Waals surface area contributed by atoms with Crippen LogP contribution in [0.5, 0.6) is 0 Å². The molecule has 1 unspecified atom stereocenters. The summed E-state index contributed by atoms with van der Waals surface area (Å²) in [6.07, 6.45) is 7.86. The van der Waals surface area contributed by atoms with Gasteiger partial charge in [-0.15, -0.1) is 0 Å². The van der Waals surface area contributed by atoms with E-state index in [4.69, 9.17) is 0 Å². The third-order valence-electron chi connectivity index (χ3n) is 3.90. The SMILES string of the molecule is CC(CCCC=[N+]([O-])Cc1ccccc1)CCCC(C)(C)O. The van der Waals surface area contributed by atoms with E-state index in [9.17, 15) is 10.3 Å². The molecule has 0 aliphatic rings. The predicted molar refractivity (Wildman–Crippen MR) is 93.0 cm³/mol. The molecule has 1 atom stereocenters. The van der Waals surface area contributed by atoms with Crippen molar-refractivity contribution in [3.05, 3.63) is 41.1 Å². The maximum atomic E-state index is 11.8. The van der Waals surface area contributed by atoms with Gasteiger partial charge in [-0.25, -0.2) is 4.74 Å². The number of rotatable bonds is 10. The summed E-state index contributed by atoms with van der Waals surface area (Å²) >= 11 is 0. The Kier molecular flexibility index (Phi) is 8.18. The van der Waals surface area contributed by atoms with Gasteiger partial charge in [0, 0.05) is 12.0 Å². The van der Waals surface area contributed by atoms with Crippen molar-refractivity contribution in [1.82, 2.24) is 0 Å². The van der Waals surface area contributed by atoms with Crippen LogP contribution in [0.15, 0.2) is 30.3 Å². The van der Waals surface area contributed by atoms with Crippen LogP contribution in [0.1, 0.15) is 64.9 Å². The molecule has 0 aliphatic carbocycles. The van der Waals surface area contributed by atoms with E-state index < -0.39 is 5.60 Å². The van der Waals surface area contributed by atoms with Crippen LogP contribution in [-0.4, -0.2) is 21.7 Å². The Labute approximate surface area is 135 Å². The highest BCUT2D eigenvalue weighted by Gasteiger charge is 2.12. The molecule has 3 nitrogen and oxygen atoms in total. The second kappa shape index (κ2) is 9.62. The van der Waals surface area contributed by atoms with Crippen molar-refractivity contribution in [3.8, 4) is 0 Å². The monoisotopic (exact) mass is 305 g/mol. The van der Waals surface area contributed by atoms with Crippen molar-refractivity contribution in [2.24, 2.45) is 5.92 Å². The molecule has 124 valence electrons. The average molecular weight is 305 g/mol. The van der Waals surface area contributed by atoms with Crippen molar-refractivity contribution in [3.63, 3.8) is 0 Å². The molecule has 1 N–H and O–H groups in total. The number of nitrogens with zero attached hydrogens (tertiary/aromatic N) is 1. The van der Waals surface area contributed by atoms with E-state index in [1.54, 1.807) is 6.21 Å². The van der Waals surface area contributed by atoms with Crippen molar-refractivity contribution in [2.75, 3.05) is 0 Å². The van der Waals surface area contributed by atoms with Crippen LogP contribution in [0, 0.1) is 11.1 Å². The van der Waals surface area contributed by atoms with Gasteiger partial charge < -0.3 is 10.3 Å². The number of unbranched alkanes of at least 4 members (excludes halogenated alkanes) is 1. The van der Waals surface area contributed by atoms with Crippen LogP contribution in [0.4, 0.5) is 0 Å². The average Bonchev–Trinajstić information content (AvgIpc) is 2.43. The van der Waals surface area contributed by atoms with E-state index in [2.05, 4.69) is 6.92 Å². The molecular formula is C19H31NO2. The zero-order valence-corrected chi connectivity index (χ0v) is 14.3. The summed E-state index contributed by atoms with van der Waals surface area (Å²) in [4.78, 5) is 0. The maximum absolute atomic E-state index is 11.8. The molecular weight excluding hydrogens is 274 g/mol. The Morgan fingerprint density at radius 2 is 1.82 bits per heavy atom. The molecule has 0 aromatic heterocycles. The van der Waals surface area contributed by atoms with Gasteiger partial charge in [0.15, 0.2) is 12.8 Å². The number of aliphatic hydroxyl groups is 1. The van der Waals surface area contributed by atoms with Crippen LogP contribution in [-0.2, 0) is 6.54 Å². The van der Waals surface area contributed by atoms with Crippen molar-refractivity contribution >= 4 is 6.21 Å². The first kappa shape index (κ1) is 18.7. The molecule has 1 aromatic carbocycles. The molecule has 0 spiro atoms. The van der Waals surface area contributed by atoms with Gasteiger partial charge in [-0.3, -0.25) is 0 Å². The summed E-state index contributed by atoms with van der Waals surface area (Å²) in [5.41, 5.74) is 0.502. The first-order valence-corrected chi connectivity index (χ1v) is 8.40. The van der Waals surface area contributed by atoms with E-state index in [0.717, 1.165) is 48.8 Å². The number of hydrogen-bond donors (Lipinski definition) is 1. The van der Waals surface area contributed by atoms with E-state index in [1.165, 1.54) is 0 Å². The van der Waals surface area contributed by atoms with E-state index in [1.807, 2.05) is 44.2 Å². The van der Waals surface area contributed by atoms with Crippen LogP contribution in [0.25, 0.3) is 0 Å². The van der Waals surface area contributed by atoms with Crippen molar-refractivity contribution < 1.29 is 9.85 Å². The highest BCUT2D eigenvalue weighted by molar-refractivity contribution is 5.51. The minimum absolute atomic E-state index is 0.433. The van der Waals surface area contributed by atoms with Crippen LogP contribution in [0.2, 0.25) is 0 Å². The van der Waals surface area contributed by atoms with Crippen LogP contribution in [0.3, 0.4) is 0 Å². The standard InChI is InChI=1S/C19H31NO2/c1-17(11-9-14-19(2,3)21)10-7-8-15-20(22)16-18-12-5-4-6-13-18/h4-6,12-13,15,17,21H,7-11,14,16H2,1-3H3. The molecule has 22 heavy (non-hydrogen) atoms. The molecule has 0 aliphatic heterocycles. The molecule has 0 amide bonds. The molecule has 0 saturated carbocycles. The fourth-order valence-corrected chi connectivity index (χ4v) is 2.56. The quantitative estimate of drug-likeness (QED) is 0.227. The van der Waals surface area contributed by atoms with E-state index >= 15 is 0 Å². The first-order valence-electron chi connectivity index (χ1n) is 8.40. The Morgan fingerprint density at radius 1 is 1.18 bits per heavy atom. The molecule has 0 radical (unpaired) electrons. The van der Waals surface area contributed by atoms with Gasteiger partial charge >= 0.3 is 0 Å². The summed E-state index contributed by atoms with van der Waals surface area (Å²) in [6.45, 7) is 6.41. The molecule has 0 bridgehead atoms. The van der Waals surface area contributed by atoms with E-state index in [0.29, 0.717) is 12.5 Å². The largest absolute Gasteiger partial charge is 0.624 e. The lowest BCUT2D eigenvalue weighted by Crippen LogP contribution is -2.18. The minimum atomic E-state index is -0.548. The summed E-state index contributed by atoms with van der Waals surface area (Å²) in [6, 6.07) is 9.83. The van der Waals surface area contributed by atoms with Crippen LogP contribution < -0.4 is 0 Å². The highest BCUT2D eigenvalue weighted by atomic mass is 16.5. The van der Waals surface area contributed by atoms with Crippen molar-refractivity contribution in [1.29, 1.82) is 0 Å². The molecule has 1 aromatic rings. The predicted octanol–water partition coefficient (Wildman–Crippen LogP) is 4.52. The third kappa shape index (κ3) is 9.56. The number of hydroxylamine groups is 1. The summed E-state index contributed by atoms with van der Waals surface area (Å²) < 4.78 is 1.04. The van der Waals surface area contributed by atoms with Gasteiger partial charge in [-0.05, 0) is 32.6 Å². The maximum Gasteiger partial charge on any atom is 0.178 e. The lowest BCUT2D eigenvalue weighted by Gasteiger charge is -2.18. The van der Waals surface area contributed by atoms with Gasteiger partial charge in [0.2, 0.25) is 0 Å². The fraction of sp³-hybridized carbons (Fsp3) is 0.632. The zero-order chi connectivity index (χ0) is 16.4. The summed E-state index contributed by atoms with van der Waals surface area (Å²) in [7, 11) is 0. The highest BCUT2D eigenvalue weighted by Crippen LogP contribution is 2.19. The van der Waals surface area contributed by atoms with Crippen molar-refractivity contribution in [2.45, 2.75) is 71.4 Å². The molecule has 0 saturated heterocycles. The zero-order valence-electron chi connectivity index (χ0n) is 14.3. The Balaban J connectivity index is 2.14. The Morgan fingerprint density at radius 3 is 2.45 bits per heavy atom. The van der Waals surface area contributed by atoms with Gasteiger partial charge in [0.05, 0.1) is 5.60 Å². The summed E-state index contributed by atoms with van der Waals surface area (Å²) in [5, 5.41) is 21.5. The van der Waals surface area contributed by atoms with Crippen LogP contribution >= 0.6 is 0 Å². The Hall–Kier alpha value is -1.35. The van der Waals surface area contributed by atoms with E-state index in [-0.39, 0.29) is 0 Å². The number of hydrogen-bond acceptors (Lipinski definition) is 2. The van der Waals surface area contributed by atoms with Gasteiger partial charge in [-0.1, -0.05) is 56.5 Å².